The van der Waals surface area contributed by atoms with Crippen LogP contribution in [-0.2, 0) is 51.5 Å². The molecule has 1 aromatic heterocycles. The number of fused-ring (bicyclic) bond motifs is 6. The van der Waals surface area contributed by atoms with E-state index >= 15 is 0 Å². The van der Waals surface area contributed by atoms with E-state index in [1.807, 2.05) is 23.6 Å². The third kappa shape index (κ3) is 23.1. The Bertz CT molecular complexity index is 5720. The maximum Gasteiger partial charge on any atom is 0.336 e. The van der Waals surface area contributed by atoms with E-state index in [0.717, 1.165) is 0 Å². The molecular formula is C93H107N21O18. The second-order valence-corrected chi connectivity index (χ2v) is 33.2. The van der Waals surface area contributed by atoms with E-state index in [4.69, 9.17) is 47.0 Å². The van der Waals surface area contributed by atoms with Gasteiger partial charge in [-0.3, -0.25) is 62.3 Å². The summed E-state index contributed by atoms with van der Waals surface area (Å²) in [6, 6.07) is 26.4. The molecule has 6 aliphatic rings. The van der Waals surface area contributed by atoms with Crippen LogP contribution in [0, 0.1) is 23.7 Å². The van der Waals surface area contributed by atoms with Crippen molar-refractivity contribution in [1.29, 1.82) is 0 Å². The summed E-state index contributed by atoms with van der Waals surface area (Å²) in [7, 11) is 0. The molecule has 0 bridgehead atoms. The van der Waals surface area contributed by atoms with Crippen molar-refractivity contribution in [3.8, 4) is 33.9 Å². The van der Waals surface area contributed by atoms with E-state index in [9.17, 15) is 77.3 Å². The standard InChI is InChI=1S/C93H107N21O18/c1-5-48(3)78-88(127)104-68(11-7-9-31-94)86(125)106-70-37-52(80(96)119)13-15-54(70)44-98-67-25-18-56(40-65(67)84(123)108-78)101-75(117)45-99-82(121)50-27-33-113(34-28-50)92-110-91(103-58-17-22-61(64(39-58)90(129)130)77-62-23-20-59(115)42-73(62)132-74-43-60(116)21-24-63(74)77)111-93(112-92)114-35-29-51(30-36-114)83(122)100-46-76(118)102-57-19-26-72-66(41-57)85(124)109-79(49(4)6-2)89(128)105-69(12-8-10-32-95)87(126)107-71-38-53(81(97)120)14-16-55(71)47-131-72/h13-26,37-43,48-51,68-69,78-79,98,115H,5-12,27-36,44-47,94-95H2,1-4H3,(H2,96,119)(H2,97,120)(H,99,121)(H,100,122)(H,101,117)(H,102,118)(H,104,127)(H,105,128)(H,106,125)(H,107,126)(H,108,123)(H,109,124)(H,129,130)(H,103,110,111,112)/t48-,49-,68-,69-,78-,79-/m0/s1. The first-order chi connectivity index (χ1) is 63.4. The van der Waals surface area contributed by atoms with Crippen LogP contribution in [0.1, 0.15) is 168 Å². The lowest BCUT2D eigenvalue weighted by Gasteiger charge is -2.34. The van der Waals surface area contributed by atoms with Gasteiger partial charge in [0.2, 0.25) is 76.9 Å². The van der Waals surface area contributed by atoms with Gasteiger partial charge in [0, 0.05) is 124 Å². The Kier molecular flexibility index (Phi) is 30.7. The normalized spacial score (nSPS) is 17.6. The molecule has 6 atom stereocenters. The van der Waals surface area contributed by atoms with E-state index in [1.165, 1.54) is 91.0 Å². The predicted octanol–water partition coefficient (Wildman–Crippen LogP) is 6.65. The molecule has 0 unspecified atom stereocenters. The number of hydrogen-bond acceptors (Lipinski definition) is 26. The molecular weight excluding hydrogens is 1700 g/mol. The van der Waals surface area contributed by atoms with Gasteiger partial charge < -0.3 is 116 Å². The average Bonchev–Trinajstić information content (AvgIpc) is 0.744. The Labute approximate surface area is 758 Å². The quantitative estimate of drug-likeness (QED) is 0.0180. The van der Waals surface area contributed by atoms with Gasteiger partial charge >= 0.3 is 5.97 Å². The second-order valence-electron chi connectivity index (χ2n) is 33.2. The zero-order chi connectivity index (χ0) is 94.1. The van der Waals surface area contributed by atoms with E-state index in [0.29, 0.717) is 79.3 Å². The van der Waals surface area contributed by atoms with Crippen molar-refractivity contribution in [3.05, 3.63) is 177 Å². The number of carbonyl (C=O) groups excluding carboxylic acids is 12. The third-order valence-electron chi connectivity index (χ3n) is 24.1. The van der Waals surface area contributed by atoms with Gasteiger partial charge in [-0.1, -0.05) is 58.7 Å². The second kappa shape index (κ2) is 42.8. The minimum absolute atomic E-state index is 0.0164. The number of piperidine rings is 2. The van der Waals surface area contributed by atoms with Gasteiger partial charge in [-0.2, -0.15) is 15.0 Å². The fraction of sp³-hybridized carbons (Fsp3) is 0.366. The predicted molar refractivity (Wildman–Crippen MR) is 492 cm³/mol. The number of phenols is 1. The van der Waals surface area contributed by atoms with Gasteiger partial charge in [-0.05, 0) is 197 Å². The summed E-state index contributed by atoms with van der Waals surface area (Å²) in [6.45, 7) is 7.62. The van der Waals surface area contributed by atoms with Crippen molar-refractivity contribution in [3.63, 3.8) is 0 Å². The van der Waals surface area contributed by atoms with Crippen molar-refractivity contribution < 1.29 is 81.7 Å². The lowest BCUT2D eigenvalue weighted by molar-refractivity contribution is -0.128. The van der Waals surface area contributed by atoms with Gasteiger partial charge in [0.25, 0.3) is 11.8 Å². The molecule has 12 amide bonds. The maximum absolute atomic E-state index is 14.6. The number of phenolic OH excluding ortho intramolecular Hbond substituents is 1. The number of aromatic nitrogens is 3. The molecule has 0 spiro atoms. The topological polar surface area (TPSA) is 595 Å². The zero-order valence-electron chi connectivity index (χ0n) is 73.3. The summed E-state index contributed by atoms with van der Waals surface area (Å²) in [5.74, 6) is -10.5. The summed E-state index contributed by atoms with van der Waals surface area (Å²) in [6.07, 6.45) is 4.40. The summed E-state index contributed by atoms with van der Waals surface area (Å²) in [4.78, 5) is 211. The molecule has 132 heavy (non-hydrogen) atoms. The van der Waals surface area contributed by atoms with Gasteiger partial charge in [-0.25, -0.2) is 4.79 Å². The number of ether oxygens (including phenoxy) is 1. The largest absolute Gasteiger partial charge is 0.508 e. The van der Waals surface area contributed by atoms with Crippen molar-refractivity contribution in [2.75, 3.05) is 94.1 Å². The van der Waals surface area contributed by atoms with Crippen LogP contribution in [0.4, 0.5) is 52.0 Å². The fourth-order valence-electron chi connectivity index (χ4n) is 16.2. The lowest BCUT2D eigenvalue weighted by Crippen LogP contribution is -2.55. The molecule has 39 nitrogen and oxygen atoms in total. The van der Waals surface area contributed by atoms with Crippen LogP contribution in [0.15, 0.2) is 137 Å². The van der Waals surface area contributed by atoms with Gasteiger partial charge in [-0.15, -0.1) is 0 Å². The summed E-state index contributed by atoms with van der Waals surface area (Å²) < 4.78 is 12.3. The number of carboxylic acids is 1. The number of aromatic hydroxyl groups is 1. The number of carbonyl (C=O) groups is 13. The number of amides is 12. The number of hydrogen-bond donors (Lipinski definition) is 18. The Morgan fingerprint density at radius 1 is 0.530 bits per heavy atom. The Hall–Kier alpha value is -15.2. The van der Waals surface area contributed by atoms with E-state index in [-0.39, 0.29) is 191 Å². The highest BCUT2D eigenvalue weighted by Gasteiger charge is 2.37. The number of nitrogens with two attached hydrogens (primary N) is 4. The third-order valence-corrected chi connectivity index (χ3v) is 24.1. The summed E-state index contributed by atoms with van der Waals surface area (Å²) >= 11 is 0. The number of primary amides is 2. The monoisotopic (exact) mass is 1810 g/mol. The van der Waals surface area contributed by atoms with Gasteiger partial charge in [0.1, 0.15) is 53.6 Å². The molecule has 6 aromatic carbocycles. The highest BCUT2D eigenvalue weighted by atomic mass is 16.5. The molecule has 1 aliphatic carbocycles. The Morgan fingerprint density at radius 2 is 1.05 bits per heavy atom. The molecule has 7 aromatic rings. The molecule has 6 heterocycles. The average molecular weight is 1810 g/mol. The van der Waals surface area contributed by atoms with Crippen LogP contribution in [0.2, 0.25) is 0 Å². The lowest BCUT2D eigenvalue weighted by atomic mass is 9.90. The highest BCUT2D eigenvalue weighted by Crippen LogP contribution is 2.43. The van der Waals surface area contributed by atoms with Gasteiger partial charge in [0.05, 0.1) is 29.8 Å². The SMILES string of the molecule is CC[C@H](C)[C@@H]1NC(=O)c2cc(NC(=O)CNC(=O)C3CCN(c4nc(Nc5ccc(-c6c7ccc(=O)cc-7oc7cc(O)ccc67)c(C(=O)O)c5)nc(N5CCC(C(=O)NCC(=O)Nc6ccc7c(c6)C(=O)N[C@@H]([C@@H](C)CC)C(=O)N[C@@H](CCCCN)C(=O)Nc6cc(C(N)=O)ccc6CO7)CC5)n4)CC3)ccc2NCc2ccc(C(N)=O)cc2NC(=O)[C@H](CCCCN)NC1=O. The first-order valence-electron chi connectivity index (χ1n) is 43.9. The van der Waals surface area contributed by atoms with Crippen LogP contribution in [-0.4, -0.2) is 179 Å². The molecule has 692 valence electrons. The van der Waals surface area contributed by atoms with Crippen LogP contribution in [0.25, 0.3) is 33.4 Å². The molecule has 5 aliphatic heterocycles. The Morgan fingerprint density at radius 3 is 1.58 bits per heavy atom. The number of aromatic carboxylic acids is 1. The highest BCUT2D eigenvalue weighted by molar-refractivity contribution is 6.10. The van der Waals surface area contributed by atoms with Crippen LogP contribution >= 0.6 is 0 Å². The maximum atomic E-state index is 14.6. The van der Waals surface area contributed by atoms with Crippen LogP contribution in [0.3, 0.4) is 0 Å². The molecule has 22 N–H and O–H groups in total. The number of carboxylic acid groups (broad SMARTS) is 1. The minimum Gasteiger partial charge on any atom is -0.508 e. The summed E-state index contributed by atoms with van der Waals surface area (Å²) in [5.41, 5.74) is 25.9. The first-order valence-corrected chi connectivity index (χ1v) is 43.9. The molecule has 2 saturated heterocycles. The summed E-state index contributed by atoms with van der Waals surface area (Å²) in [5, 5.41) is 56.4. The van der Waals surface area contributed by atoms with E-state index in [2.05, 4.69) is 63.8 Å². The molecule has 2 fully saturated rings. The number of unbranched alkanes of at least 4 members (excludes halogenated alkanes) is 2. The van der Waals surface area contributed by atoms with Gasteiger partial charge in [0.15, 0.2) is 5.43 Å². The van der Waals surface area contributed by atoms with Crippen molar-refractivity contribution in [1.82, 2.24) is 46.9 Å². The molecule has 39 heteroatoms. The van der Waals surface area contributed by atoms with E-state index < -0.39 is 138 Å². The van der Waals surface area contributed by atoms with Crippen molar-refractivity contribution >= 4 is 140 Å². The van der Waals surface area contributed by atoms with E-state index in [1.54, 1.807) is 50.2 Å². The fourth-order valence-corrected chi connectivity index (χ4v) is 16.2. The number of anilines is 9. The van der Waals surface area contributed by atoms with Crippen LogP contribution < -0.4 is 107 Å². The van der Waals surface area contributed by atoms with Crippen molar-refractivity contribution in [2.45, 2.75) is 142 Å². The number of nitrogens with one attached hydrogen (secondary N) is 12. The number of benzene rings is 7. The molecule has 13 rings (SSSR count). The first kappa shape index (κ1) is 94.5. The Balaban J connectivity index is 0.695. The smallest absolute Gasteiger partial charge is 0.336 e. The molecule has 0 radical (unpaired) electrons. The number of nitrogens with zero attached hydrogens (tertiary/aromatic N) is 5. The molecule has 0 saturated carbocycles. The number of rotatable bonds is 28. The minimum atomic E-state index is -1.32. The van der Waals surface area contributed by atoms with Crippen molar-refractivity contribution in [2.24, 2.45) is 46.6 Å². The van der Waals surface area contributed by atoms with Crippen LogP contribution in [0.5, 0.6) is 11.5 Å². The zero-order valence-corrected chi connectivity index (χ0v) is 73.3.